The third kappa shape index (κ3) is 3.94. The maximum absolute atomic E-state index is 11.8. The van der Waals surface area contributed by atoms with Gasteiger partial charge in [0, 0.05) is 10.9 Å². The Morgan fingerprint density at radius 2 is 2.38 bits per heavy atom. The fourth-order valence-corrected chi connectivity index (χ4v) is 2.24. The zero-order valence-corrected chi connectivity index (χ0v) is 10.7. The van der Waals surface area contributed by atoms with Crippen molar-refractivity contribution in [2.45, 2.75) is 45.2 Å². The summed E-state index contributed by atoms with van der Waals surface area (Å²) in [4.78, 5) is 12.7. The van der Waals surface area contributed by atoms with Crippen LogP contribution in [0.25, 0.3) is 0 Å². The molecule has 0 spiro atoms. The molecule has 4 heteroatoms. The molecule has 1 rings (SSSR count). The van der Waals surface area contributed by atoms with Gasteiger partial charge in [0.1, 0.15) is 6.04 Å². The number of rotatable bonds is 6. The minimum Gasteiger partial charge on any atom is -0.352 e. The summed E-state index contributed by atoms with van der Waals surface area (Å²) in [5.41, 5.74) is 5.86. The van der Waals surface area contributed by atoms with Crippen molar-refractivity contribution in [1.29, 1.82) is 0 Å². The summed E-state index contributed by atoms with van der Waals surface area (Å²) in [6.07, 6.45) is 3.30. The SMILES string of the molecule is CCCCC(C)NC(=O)C(N)c1cccs1. The van der Waals surface area contributed by atoms with Crippen LogP contribution in [0.3, 0.4) is 0 Å². The Morgan fingerprint density at radius 1 is 1.62 bits per heavy atom. The molecule has 90 valence electrons. The molecule has 1 aromatic heterocycles. The standard InChI is InChI=1S/C12H20N2OS/c1-3-4-6-9(2)14-12(15)11(13)10-7-5-8-16-10/h5,7-9,11H,3-4,6,13H2,1-2H3,(H,14,15). The van der Waals surface area contributed by atoms with Crippen LogP contribution in [0.2, 0.25) is 0 Å². The van der Waals surface area contributed by atoms with Gasteiger partial charge in [-0.05, 0) is 24.8 Å². The van der Waals surface area contributed by atoms with E-state index >= 15 is 0 Å². The molecule has 0 fully saturated rings. The van der Waals surface area contributed by atoms with Crippen molar-refractivity contribution in [3.05, 3.63) is 22.4 Å². The van der Waals surface area contributed by atoms with Gasteiger partial charge in [0.15, 0.2) is 0 Å². The number of carbonyl (C=O) groups excluding carboxylic acids is 1. The van der Waals surface area contributed by atoms with E-state index in [-0.39, 0.29) is 11.9 Å². The molecule has 0 aliphatic carbocycles. The minimum atomic E-state index is -0.524. The summed E-state index contributed by atoms with van der Waals surface area (Å²) in [5, 5.41) is 4.88. The third-order valence-electron chi connectivity index (χ3n) is 2.51. The molecule has 0 aliphatic rings. The van der Waals surface area contributed by atoms with E-state index in [2.05, 4.69) is 12.2 Å². The molecular weight excluding hydrogens is 220 g/mol. The van der Waals surface area contributed by atoms with Crippen LogP contribution in [0.1, 0.15) is 44.0 Å². The van der Waals surface area contributed by atoms with Crippen LogP contribution < -0.4 is 11.1 Å². The molecule has 2 atom stereocenters. The van der Waals surface area contributed by atoms with E-state index in [0.717, 1.165) is 24.1 Å². The molecule has 1 heterocycles. The van der Waals surface area contributed by atoms with Gasteiger partial charge in [0.2, 0.25) is 5.91 Å². The Bertz CT molecular complexity index is 311. The number of nitrogens with two attached hydrogens (primary N) is 1. The molecule has 0 radical (unpaired) electrons. The number of amides is 1. The van der Waals surface area contributed by atoms with Crippen molar-refractivity contribution in [2.24, 2.45) is 5.73 Å². The van der Waals surface area contributed by atoms with E-state index in [4.69, 9.17) is 5.73 Å². The molecule has 16 heavy (non-hydrogen) atoms. The van der Waals surface area contributed by atoms with E-state index in [9.17, 15) is 4.79 Å². The molecule has 0 aromatic carbocycles. The maximum Gasteiger partial charge on any atom is 0.242 e. The van der Waals surface area contributed by atoms with Crippen molar-refractivity contribution in [1.82, 2.24) is 5.32 Å². The summed E-state index contributed by atoms with van der Waals surface area (Å²) in [7, 11) is 0. The molecule has 3 N–H and O–H groups in total. The highest BCUT2D eigenvalue weighted by Crippen LogP contribution is 2.16. The zero-order valence-electron chi connectivity index (χ0n) is 9.90. The van der Waals surface area contributed by atoms with Gasteiger partial charge in [-0.15, -0.1) is 11.3 Å². The first-order valence-electron chi connectivity index (χ1n) is 5.74. The summed E-state index contributed by atoms with van der Waals surface area (Å²) >= 11 is 1.52. The smallest absolute Gasteiger partial charge is 0.242 e. The Morgan fingerprint density at radius 3 is 2.94 bits per heavy atom. The van der Waals surface area contributed by atoms with Gasteiger partial charge in [-0.25, -0.2) is 0 Å². The number of carbonyl (C=O) groups is 1. The van der Waals surface area contributed by atoms with Gasteiger partial charge in [-0.3, -0.25) is 4.79 Å². The van der Waals surface area contributed by atoms with E-state index in [1.807, 2.05) is 24.4 Å². The average molecular weight is 240 g/mol. The predicted octanol–water partition coefficient (Wildman–Crippen LogP) is 2.44. The quantitative estimate of drug-likeness (QED) is 0.802. The number of hydrogen-bond donors (Lipinski definition) is 2. The lowest BCUT2D eigenvalue weighted by Crippen LogP contribution is -2.39. The summed E-state index contributed by atoms with van der Waals surface area (Å²) < 4.78 is 0. The fraction of sp³-hybridized carbons (Fsp3) is 0.583. The van der Waals surface area contributed by atoms with Gasteiger partial charge in [-0.2, -0.15) is 0 Å². The molecular formula is C12H20N2OS. The minimum absolute atomic E-state index is 0.0777. The largest absolute Gasteiger partial charge is 0.352 e. The maximum atomic E-state index is 11.8. The summed E-state index contributed by atoms with van der Waals surface area (Å²) in [5.74, 6) is -0.0777. The Labute approximate surface area is 101 Å². The van der Waals surface area contributed by atoms with Crippen molar-refractivity contribution >= 4 is 17.2 Å². The lowest BCUT2D eigenvalue weighted by atomic mass is 10.1. The van der Waals surface area contributed by atoms with E-state index < -0.39 is 6.04 Å². The van der Waals surface area contributed by atoms with Crippen LogP contribution in [0.4, 0.5) is 0 Å². The van der Waals surface area contributed by atoms with Gasteiger partial charge in [-0.1, -0.05) is 25.8 Å². The number of nitrogens with one attached hydrogen (secondary N) is 1. The van der Waals surface area contributed by atoms with Crippen LogP contribution >= 0.6 is 11.3 Å². The molecule has 0 saturated heterocycles. The second-order valence-corrected chi connectivity index (χ2v) is 5.02. The lowest BCUT2D eigenvalue weighted by Gasteiger charge is -2.16. The van der Waals surface area contributed by atoms with Crippen molar-refractivity contribution in [2.75, 3.05) is 0 Å². The molecule has 2 unspecified atom stereocenters. The number of unbranched alkanes of at least 4 members (excludes halogenated alkanes) is 1. The number of thiophene rings is 1. The highest BCUT2D eigenvalue weighted by Gasteiger charge is 2.17. The highest BCUT2D eigenvalue weighted by molar-refractivity contribution is 7.10. The third-order valence-corrected chi connectivity index (χ3v) is 3.47. The fourth-order valence-electron chi connectivity index (χ4n) is 1.51. The topological polar surface area (TPSA) is 55.1 Å². The molecule has 0 saturated carbocycles. The second-order valence-electron chi connectivity index (χ2n) is 4.04. The van der Waals surface area contributed by atoms with E-state index in [1.54, 1.807) is 0 Å². The average Bonchev–Trinajstić information content (AvgIpc) is 2.78. The van der Waals surface area contributed by atoms with E-state index in [0.29, 0.717) is 0 Å². The summed E-state index contributed by atoms with van der Waals surface area (Å²) in [6, 6.07) is 3.49. The highest BCUT2D eigenvalue weighted by atomic mass is 32.1. The zero-order chi connectivity index (χ0) is 12.0. The van der Waals surface area contributed by atoms with Crippen LogP contribution in [0, 0.1) is 0 Å². The lowest BCUT2D eigenvalue weighted by molar-refractivity contribution is -0.123. The molecule has 3 nitrogen and oxygen atoms in total. The van der Waals surface area contributed by atoms with Crippen molar-refractivity contribution in [3.63, 3.8) is 0 Å². The van der Waals surface area contributed by atoms with Gasteiger partial charge in [0.25, 0.3) is 0 Å². The van der Waals surface area contributed by atoms with E-state index in [1.165, 1.54) is 11.3 Å². The second kappa shape index (κ2) is 6.66. The molecule has 0 aliphatic heterocycles. The van der Waals surface area contributed by atoms with Crippen LogP contribution in [-0.2, 0) is 4.79 Å². The molecule has 1 aromatic rings. The van der Waals surface area contributed by atoms with Crippen LogP contribution in [-0.4, -0.2) is 11.9 Å². The van der Waals surface area contributed by atoms with Gasteiger partial charge >= 0.3 is 0 Å². The first kappa shape index (κ1) is 13.2. The van der Waals surface area contributed by atoms with Crippen LogP contribution in [0.5, 0.6) is 0 Å². The Hall–Kier alpha value is -0.870. The normalized spacial score (nSPS) is 14.4. The predicted molar refractivity (Wildman–Crippen MR) is 68.4 cm³/mol. The Balaban J connectivity index is 2.40. The summed E-state index contributed by atoms with van der Waals surface area (Å²) in [6.45, 7) is 4.17. The first-order valence-corrected chi connectivity index (χ1v) is 6.62. The number of hydrogen-bond acceptors (Lipinski definition) is 3. The van der Waals surface area contributed by atoms with Crippen molar-refractivity contribution in [3.8, 4) is 0 Å². The first-order chi connectivity index (χ1) is 7.65. The van der Waals surface area contributed by atoms with Gasteiger partial charge < -0.3 is 11.1 Å². The molecule has 1 amide bonds. The van der Waals surface area contributed by atoms with Crippen LogP contribution in [0.15, 0.2) is 17.5 Å². The monoisotopic (exact) mass is 240 g/mol. The van der Waals surface area contributed by atoms with Gasteiger partial charge in [0.05, 0.1) is 0 Å². The molecule has 0 bridgehead atoms. The van der Waals surface area contributed by atoms with Crippen molar-refractivity contribution < 1.29 is 4.79 Å². The Kier molecular flexibility index (Phi) is 5.49.